The van der Waals surface area contributed by atoms with Gasteiger partial charge < -0.3 is 25.4 Å². The van der Waals surface area contributed by atoms with Gasteiger partial charge in [-0.1, -0.05) is 23.2 Å². The lowest BCUT2D eigenvalue weighted by Crippen LogP contribution is -2.19. The van der Waals surface area contributed by atoms with E-state index < -0.39 is 0 Å². The van der Waals surface area contributed by atoms with Crippen LogP contribution in [0.5, 0.6) is 11.5 Å². The SMILES string of the molecule is COc1cc(OC)c(NC(=S)Nc2ccc(NC=O)cc2Cl)cc1Cl. The standard InChI is InChI=1S/C16H15Cl2N3O3S/c1-23-14-7-15(24-2)13(6-11(14)18)21-16(25)20-12-4-3-9(19-8-22)5-10(12)17/h3-8H,1-2H3,(H,19,22)(H2,20,21,25). The number of amides is 1. The number of rotatable bonds is 6. The van der Waals surface area contributed by atoms with Gasteiger partial charge in [-0.15, -0.1) is 0 Å². The first-order chi connectivity index (χ1) is 12.0. The van der Waals surface area contributed by atoms with Crippen molar-refractivity contribution in [2.45, 2.75) is 0 Å². The lowest BCUT2D eigenvalue weighted by Gasteiger charge is -2.16. The van der Waals surface area contributed by atoms with E-state index in [1.165, 1.54) is 14.2 Å². The smallest absolute Gasteiger partial charge is 0.211 e. The van der Waals surface area contributed by atoms with Crippen LogP contribution in [0.2, 0.25) is 10.0 Å². The molecule has 0 aliphatic heterocycles. The summed E-state index contributed by atoms with van der Waals surface area (Å²) in [6.45, 7) is 0. The van der Waals surface area contributed by atoms with Gasteiger partial charge in [0.2, 0.25) is 6.41 Å². The summed E-state index contributed by atoms with van der Waals surface area (Å²) in [4.78, 5) is 10.5. The van der Waals surface area contributed by atoms with Crippen LogP contribution < -0.4 is 25.4 Å². The highest BCUT2D eigenvalue weighted by Gasteiger charge is 2.12. The fourth-order valence-corrected chi connectivity index (χ4v) is 2.70. The van der Waals surface area contributed by atoms with Crippen LogP contribution in [-0.4, -0.2) is 25.7 Å². The van der Waals surface area contributed by atoms with E-state index in [0.29, 0.717) is 45.0 Å². The largest absolute Gasteiger partial charge is 0.495 e. The van der Waals surface area contributed by atoms with Crippen LogP contribution in [0.15, 0.2) is 30.3 Å². The lowest BCUT2D eigenvalue weighted by atomic mass is 10.2. The van der Waals surface area contributed by atoms with Crippen LogP contribution >= 0.6 is 35.4 Å². The Kier molecular flexibility index (Phi) is 6.69. The van der Waals surface area contributed by atoms with E-state index in [0.717, 1.165) is 0 Å². The Bertz CT molecular complexity index is 802. The molecule has 0 aromatic heterocycles. The van der Waals surface area contributed by atoms with Crippen molar-refractivity contribution in [1.29, 1.82) is 0 Å². The molecule has 1 amide bonds. The van der Waals surface area contributed by atoms with Gasteiger partial charge in [-0.25, -0.2) is 0 Å². The highest BCUT2D eigenvalue weighted by atomic mass is 35.5. The number of carbonyl (C=O) groups is 1. The highest BCUT2D eigenvalue weighted by molar-refractivity contribution is 7.80. The molecule has 9 heteroatoms. The minimum absolute atomic E-state index is 0.289. The molecule has 2 rings (SSSR count). The topological polar surface area (TPSA) is 71.6 Å². The maximum absolute atomic E-state index is 10.5. The van der Waals surface area contributed by atoms with Crippen molar-refractivity contribution in [2.75, 3.05) is 30.2 Å². The fourth-order valence-electron chi connectivity index (χ4n) is 2.01. The second-order valence-electron chi connectivity index (χ2n) is 4.72. The number of nitrogens with one attached hydrogen (secondary N) is 3. The molecule has 2 aromatic rings. The van der Waals surface area contributed by atoms with Gasteiger partial charge in [-0.3, -0.25) is 4.79 Å². The van der Waals surface area contributed by atoms with Crippen LogP contribution in [0.25, 0.3) is 0 Å². The van der Waals surface area contributed by atoms with E-state index in [1.807, 2.05) is 0 Å². The number of hydrogen-bond donors (Lipinski definition) is 3. The van der Waals surface area contributed by atoms with Gasteiger partial charge in [-0.05, 0) is 36.5 Å². The maximum Gasteiger partial charge on any atom is 0.211 e. The third-order valence-electron chi connectivity index (χ3n) is 3.17. The molecule has 0 saturated carbocycles. The third-order valence-corrected chi connectivity index (χ3v) is 3.98. The van der Waals surface area contributed by atoms with Crippen molar-refractivity contribution >= 4 is 64.0 Å². The lowest BCUT2D eigenvalue weighted by molar-refractivity contribution is -0.105. The van der Waals surface area contributed by atoms with Gasteiger partial charge in [0.1, 0.15) is 11.5 Å². The first-order valence-corrected chi connectivity index (χ1v) is 8.14. The highest BCUT2D eigenvalue weighted by Crippen LogP contribution is 2.36. The van der Waals surface area contributed by atoms with Crippen molar-refractivity contribution in [1.82, 2.24) is 0 Å². The fraction of sp³-hybridized carbons (Fsp3) is 0.125. The van der Waals surface area contributed by atoms with E-state index in [9.17, 15) is 4.79 Å². The molecule has 2 aromatic carbocycles. The Labute approximate surface area is 160 Å². The minimum Gasteiger partial charge on any atom is -0.495 e. The molecule has 0 radical (unpaired) electrons. The number of thiocarbonyl (C=S) groups is 1. The number of methoxy groups -OCH3 is 2. The summed E-state index contributed by atoms with van der Waals surface area (Å²) < 4.78 is 10.5. The predicted octanol–water partition coefficient (Wildman–Crippen LogP) is 4.39. The number of benzene rings is 2. The predicted molar refractivity (Wildman–Crippen MR) is 106 cm³/mol. The van der Waals surface area contributed by atoms with Gasteiger partial charge in [-0.2, -0.15) is 0 Å². The molecule has 0 aliphatic rings. The normalized spacial score (nSPS) is 9.92. The number of anilines is 3. The van der Waals surface area contributed by atoms with E-state index >= 15 is 0 Å². The van der Waals surface area contributed by atoms with Crippen molar-refractivity contribution in [2.24, 2.45) is 0 Å². The molecule has 0 unspecified atom stereocenters. The van der Waals surface area contributed by atoms with Crippen molar-refractivity contribution in [3.05, 3.63) is 40.4 Å². The van der Waals surface area contributed by atoms with Crippen molar-refractivity contribution < 1.29 is 14.3 Å². The summed E-state index contributed by atoms with van der Waals surface area (Å²) in [7, 11) is 3.05. The van der Waals surface area contributed by atoms with Gasteiger partial charge in [0, 0.05) is 11.8 Å². The monoisotopic (exact) mass is 399 g/mol. The molecular formula is C16H15Cl2N3O3S. The van der Waals surface area contributed by atoms with Gasteiger partial charge in [0.05, 0.1) is 35.6 Å². The summed E-state index contributed by atoms with van der Waals surface area (Å²) in [5.41, 5.74) is 1.73. The van der Waals surface area contributed by atoms with Gasteiger partial charge in [0.25, 0.3) is 0 Å². The Morgan fingerprint density at radius 3 is 2.28 bits per heavy atom. The first kappa shape index (κ1) is 19.1. The molecule has 0 bridgehead atoms. The number of halogens is 2. The minimum atomic E-state index is 0.289. The molecule has 132 valence electrons. The molecule has 0 heterocycles. The summed E-state index contributed by atoms with van der Waals surface area (Å²) in [6, 6.07) is 8.29. The zero-order valence-corrected chi connectivity index (χ0v) is 15.7. The van der Waals surface area contributed by atoms with Crippen molar-refractivity contribution in [3.8, 4) is 11.5 Å². The van der Waals surface area contributed by atoms with Crippen LogP contribution in [0.3, 0.4) is 0 Å². The molecule has 0 atom stereocenters. The summed E-state index contributed by atoms with van der Waals surface area (Å²) in [5.74, 6) is 1.01. The molecule has 0 fully saturated rings. The molecule has 3 N–H and O–H groups in total. The van der Waals surface area contributed by atoms with Crippen LogP contribution in [0.4, 0.5) is 17.1 Å². The van der Waals surface area contributed by atoms with Crippen LogP contribution in [0, 0.1) is 0 Å². The first-order valence-electron chi connectivity index (χ1n) is 6.97. The zero-order valence-electron chi connectivity index (χ0n) is 13.4. The molecule has 6 nitrogen and oxygen atoms in total. The second kappa shape index (κ2) is 8.75. The molecule has 0 aliphatic carbocycles. The maximum atomic E-state index is 10.5. The summed E-state index contributed by atoms with van der Waals surface area (Å²) in [6.07, 6.45) is 0.574. The van der Waals surface area contributed by atoms with Crippen LogP contribution in [-0.2, 0) is 4.79 Å². The molecular weight excluding hydrogens is 385 g/mol. The van der Waals surface area contributed by atoms with Crippen LogP contribution in [0.1, 0.15) is 0 Å². The van der Waals surface area contributed by atoms with E-state index in [-0.39, 0.29) is 5.11 Å². The third kappa shape index (κ3) is 4.88. The second-order valence-corrected chi connectivity index (χ2v) is 5.95. The van der Waals surface area contributed by atoms with E-state index in [2.05, 4.69) is 16.0 Å². The number of ether oxygens (including phenoxy) is 2. The van der Waals surface area contributed by atoms with Crippen molar-refractivity contribution in [3.63, 3.8) is 0 Å². The average molecular weight is 400 g/mol. The molecule has 0 spiro atoms. The van der Waals surface area contributed by atoms with Gasteiger partial charge >= 0.3 is 0 Å². The Hall–Kier alpha value is -2.22. The summed E-state index contributed by atoms with van der Waals surface area (Å²) >= 11 is 17.6. The van der Waals surface area contributed by atoms with Gasteiger partial charge in [0.15, 0.2) is 5.11 Å². The number of hydrogen-bond acceptors (Lipinski definition) is 4. The Morgan fingerprint density at radius 2 is 1.68 bits per heavy atom. The quantitative estimate of drug-likeness (QED) is 0.494. The average Bonchev–Trinajstić information content (AvgIpc) is 2.58. The Balaban J connectivity index is 2.15. The zero-order chi connectivity index (χ0) is 18.4. The number of carbonyl (C=O) groups excluding carboxylic acids is 1. The molecule has 0 saturated heterocycles. The van der Waals surface area contributed by atoms with E-state index in [1.54, 1.807) is 30.3 Å². The summed E-state index contributed by atoms with van der Waals surface area (Å²) in [5, 5.41) is 9.58. The Morgan fingerprint density at radius 1 is 1.00 bits per heavy atom. The van der Waals surface area contributed by atoms with E-state index in [4.69, 9.17) is 44.9 Å². The molecule has 25 heavy (non-hydrogen) atoms.